The molecular formula is C24H32ClN3O4S. The number of amides is 2. The van der Waals surface area contributed by atoms with Gasteiger partial charge in [0, 0.05) is 31.1 Å². The zero-order valence-electron chi connectivity index (χ0n) is 19.5. The molecule has 0 aliphatic heterocycles. The molecule has 33 heavy (non-hydrogen) atoms. The van der Waals surface area contributed by atoms with Gasteiger partial charge in [-0.15, -0.1) is 0 Å². The van der Waals surface area contributed by atoms with E-state index in [-0.39, 0.29) is 31.3 Å². The molecule has 0 fully saturated rings. The molecule has 0 aromatic heterocycles. The minimum atomic E-state index is -3.51. The molecule has 1 N–H and O–H groups in total. The highest BCUT2D eigenvalue weighted by Crippen LogP contribution is 2.20. The molecule has 0 aliphatic rings. The number of halogens is 1. The number of sulfonamides is 1. The predicted octanol–water partition coefficient (Wildman–Crippen LogP) is 3.75. The van der Waals surface area contributed by atoms with Crippen LogP contribution in [0.15, 0.2) is 48.5 Å². The molecule has 0 spiro atoms. The average molecular weight is 494 g/mol. The van der Waals surface area contributed by atoms with Crippen LogP contribution >= 0.6 is 11.6 Å². The zero-order chi connectivity index (χ0) is 24.6. The van der Waals surface area contributed by atoms with E-state index in [9.17, 15) is 18.0 Å². The standard InChI is InChI=1S/C24H32ClN3O4S/c1-5-26-24(30)19(3)27(17-20-8-6-9-21(25)16-20)23(29)10-7-15-28(33(4,31)32)22-13-11-18(2)12-14-22/h6,8-9,11-14,16,19H,5,7,10,15,17H2,1-4H3,(H,26,30)/t19-/m1/s1. The van der Waals surface area contributed by atoms with Crippen molar-refractivity contribution in [1.82, 2.24) is 10.2 Å². The first-order valence-corrected chi connectivity index (χ1v) is 13.1. The van der Waals surface area contributed by atoms with Crippen LogP contribution in [0.5, 0.6) is 0 Å². The summed E-state index contributed by atoms with van der Waals surface area (Å²) in [6.45, 7) is 6.28. The Kier molecular flexibility index (Phi) is 9.73. The first kappa shape index (κ1) is 26.7. The van der Waals surface area contributed by atoms with Gasteiger partial charge >= 0.3 is 0 Å². The maximum Gasteiger partial charge on any atom is 0.242 e. The number of likely N-dealkylation sites (N-methyl/N-ethyl adjacent to an activating group) is 1. The van der Waals surface area contributed by atoms with Crippen LogP contribution in [0.1, 0.15) is 37.8 Å². The second-order valence-corrected chi connectivity index (χ2v) is 10.3. The second kappa shape index (κ2) is 12.0. The lowest BCUT2D eigenvalue weighted by molar-refractivity contribution is -0.140. The number of carbonyl (C=O) groups is 2. The summed E-state index contributed by atoms with van der Waals surface area (Å²) in [5, 5.41) is 3.30. The van der Waals surface area contributed by atoms with Crippen LogP contribution in [0, 0.1) is 6.92 Å². The molecule has 2 rings (SSSR count). The lowest BCUT2D eigenvalue weighted by Crippen LogP contribution is -2.47. The van der Waals surface area contributed by atoms with Crippen molar-refractivity contribution in [1.29, 1.82) is 0 Å². The first-order chi connectivity index (χ1) is 15.5. The van der Waals surface area contributed by atoms with E-state index in [2.05, 4.69) is 5.32 Å². The van der Waals surface area contributed by atoms with Crippen molar-refractivity contribution >= 4 is 39.1 Å². The molecule has 0 saturated carbocycles. The molecule has 0 unspecified atom stereocenters. The minimum Gasteiger partial charge on any atom is -0.355 e. The van der Waals surface area contributed by atoms with Crippen molar-refractivity contribution in [2.24, 2.45) is 0 Å². The third-order valence-electron chi connectivity index (χ3n) is 5.23. The Labute approximate surface area is 201 Å². The van der Waals surface area contributed by atoms with Crippen molar-refractivity contribution in [3.8, 4) is 0 Å². The molecular weight excluding hydrogens is 462 g/mol. The molecule has 1 atom stereocenters. The van der Waals surface area contributed by atoms with E-state index in [0.717, 1.165) is 17.4 Å². The van der Waals surface area contributed by atoms with Crippen molar-refractivity contribution in [3.63, 3.8) is 0 Å². The van der Waals surface area contributed by atoms with E-state index in [4.69, 9.17) is 11.6 Å². The summed E-state index contributed by atoms with van der Waals surface area (Å²) in [4.78, 5) is 27.1. The Morgan fingerprint density at radius 2 is 1.79 bits per heavy atom. The smallest absolute Gasteiger partial charge is 0.242 e. The van der Waals surface area contributed by atoms with Gasteiger partial charge in [-0.2, -0.15) is 0 Å². The van der Waals surface area contributed by atoms with Gasteiger partial charge in [0.05, 0.1) is 11.9 Å². The summed E-state index contributed by atoms with van der Waals surface area (Å²) in [5.74, 6) is -0.476. The van der Waals surface area contributed by atoms with Crippen LogP contribution in [-0.2, 0) is 26.2 Å². The molecule has 7 nitrogen and oxygen atoms in total. The summed E-state index contributed by atoms with van der Waals surface area (Å²) in [6.07, 6.45) is 1.56. The Hall–Kier alpha value is -2.58. The van der Waals surface area contributed by atoms with Gasteiger partial charge in [-0.25, -0.2) is 8.42 Å². The van der Waals surface area contributed by atoms with Crippen LogP contribution in [0.25, 0.3) is 0 Å². The highest BCUT2D eigenvalue weighted by atomic mass is 35.5. The van der Waals surface area contributed by atoms with Gasteiger partial charge < -0.3 is 10.2 Å². The third-order valence-corrected chi connectivity index (χ3v) is 6.66. The molecule has 0 radical (unpaired) electrons. The van der Waals surface area contributed by atoms with E-state index >= 15 is 0 Å². The maximum absolute atomic E-state index is 13.1. The number of hydrogen-bond acceptors (Lipinski definition) is 4. The second-order valence-electron chi connectivity index (χ2n) is 8.00. The number of hydrogen-bond donors (Lipinski definition) is 1. The van der Waals surface area contributed by atoms with Crippen LogP contribution in [0.3, 0.4) is 0 Å². The largest absolute Gasteiger partial charge is 0.355 e. The molecule has 2 amide bonds. The fourth-order valence-electron chi connectivity index (χ4n) is 3.45. The summed E-state index contributed by atoms with van der Waals surface area (Å²) >= 11 is 6.08. The number of rotatable bonds is 11. The van der Waals surface area contributed by atoms with E-state index in [1.165, 1.54) is 9.21 Å². The first-order valence-electron chi connectivity index (χ1n) is 10.9. The normalized spacial score (nSPS) is 12.2. The van der Waals surface area contributed by atoms with Gasteiger partial charge in [-0.1, -0.05) is 41.4 Å². The summed E-state index contributed by atoms with van der Waals surface area (Å²) in [7, 11) is -3.51. The van der Waals surface area contributed by atoms with Gasteiger partial charge in [0.15, 0.2) is 0 Å². The SMILES string of the molecule is CCNC(=O)[C@@H](C)N(Cc1cccc(Cl)c1)C(=O)CCCN(c1ccc(C)cc1)S(C)(=O)=O. The minimum absolute atomic E-state index is 0.0994. The number of aryl methyl sites for hydroxylation is 1. The lowest BCUT2D eigenvalue weighted by atomic mass is 10.1. The number of benzene rings is 2. The zero-order valence-corrected chi connectivity index (χ0v) is 21.1. The highest BCUT2D eigenvalue weighted by Gasteiger charge is 2.26. The van der Waals surface area contributed by atoms with Gasteiger partial charge in [-0.05, 0) is 57.0 Å². The Balaban J connectivity index is 2.14. The molecule has 2 aromatic carbocycles. The average Bonchev–Trinajstić information content (AvgIpc) is 2.74. The quantitative estimate of drug-likeness (QED) is 0.516. The van der Waals surface area contributed by atoms with E-state index in [1.54, 1.807) is 37.3 Å². The number of carbonyl (C=O) groups excluding carboxylic acids is 2. The fraction of sp³-hybridized carbons (Fsp3) is 0.417. The molecule has 0 aliphatic carbocycles. The van der Waals surface area contributed by atoms with Crippen molar-refractivity contribution in [2.45, 2.75) is 46.2 Å². The molecule has 0 bridgehead atoms. The van der Waals surface area contributed by atoms with Crippen LogP contribution in [-0.4, -0.2) is 50.5 Å². The predicted molar refractivity (Wildman–Crippen MR) is 133 cm³/mol. The molecule has 180 valence electrons. The summed E-state index contributed by atoms with van der Waals surface area (Å²) < 4.78 is 26.0. The van der Waals surface area contributed by atoms with Crippen LogP contribution in [0.2, 0.25) is 5.02 Å². The Morgan fingerprint density at radius 3 is 2.36 bits per heavy atom. The van der Waals surface area contributed by atoms with Crippen LogP contribution in [0.4, 0.5) is 5.69 Å². The Bertz CT molecular complexity index is 1060. The fourth-order valence-corrected chi connectivity index (χ4v) is 4.63. The van der Waals surface area contributed by atoms with Crippen molar-refractivity contribution in [2.75, 3.05) is 23.7 Å². The van der Waals surface area contributed by atoms with E-state index in [1.807, 2.05) is 32.0 Å². The molecule has 0 heterocycles. The Morgan fingerprint density at radius 1 is 1.12 bits per heavy atom. The topological polar surface area (TPSA) is 86.8 Å². The number of nitrogens with one attached hydrogen (secondary N) is 1. The van der Waals surface area contributed by atoms with E-state index < -0.39 is 16.1 Å². The van der Waals surface area contributed by atoms with Crippen molar-refractivity contribution < 1.29 is 18.0 Å². The van der Waals surface area contributed by atoms with Crippen molar-refractivity contribution in [3.05, 3.63) is 64.7 Å². The van der Waals surface area contributed by atoms with Gasteiger partial charge in [0.1, 0.15) is 6.04 Å². The van der Waals surface area contributed by atoms with Gasteiger partial charge in [0.25, 0.3) is 0 Å². The molecule has 0 saturated heterocycles. The third kappa shape index (κ3) is 8.05. The number of anilines is 1. The lowest BCUT2D eigenvalue weighted by Gasteiger charge is -2.29. The maximum atomic E-state index is 13.1. The van der Waals surface area contributed by atoms with Gasteiger partial charge in [0.2, 0.25) is 21.8 Å². The van der Waals surface area contributed by atoms with Crippen LogP contribution < -0.4 is 9.62 Å². The summed E-state index contributed by atoms with van der Waals surface area (Å²) in [5.41, 5.74) is 2.39. The molecule has 2 aromatic rings. The monoisotopic (exact) mass is 493 g/mol. The number of nitrogens with zero attached hydrogens (tertiary/aromatic N) is 2. The van der Waals surface area contributed by atoms with E-state index in [0.29, 0.717) is 23.7 Å². The highest BCUT2D eigenvalue weighted by molar-refractivity contribution is 7.92. The molecule has 9 heteroatoms. The van der Waals surface area contributed by atoms with Gasteiger partial charge in [-0.3, -0.25) is 13.9 Å². The summed E-state index contributed by atoms with van der Waals surface area (Å²) in [6, 6.07) is 13.7.